The SMILES string of the molecule is CC/C(C1=CCCc2c1[nH]c1sc3c(c21)CCC=C3)=C1/Sc2cc3c(cc2N(c2ccc(C(C)(C)CCC(C)(C)C)cc2C)/C1=C/C(C)C)-c1ccccc1C3(C)C. The van der Waals surface area contributed by atoms with Crippen LogP contribution in [0.1, 0.15) is 145 Å². The summed E-state index contributed by atoms with van der Waals surface area (Å²) in [6, 6.07) is 21.6. The highest BCUT2D eigenvalue weighted by Crippen LogP contribution is 2.59. The minimum atomic E-state index is -0.0703. The van der Waals surface area contributed by atoms with E-state index < -0.39 is 0 Å². The van der Waals surface area contributed by atoms with Gasteiger partial charge < -0.3 is 9.88 Å². The number of nitrogens with one attached hydrogen (secondary N) is 1. The molecule has 0 saturated carbocycles. The van der Waals surface area contributed by atoms with E-state index in [-0.39, 0.29) is 10.8 Å². The minimum Gasteiger partial charge on any atom is -0.346 e. The molecule has 0 unspecified atom stereocenters. The Morgan fingerprint density at radius 2 is 1.67 bits per heavy atom. The van der Waals surface area contributed by atoms with E-state index in [1.54, 1.807) is 5.56 Å². The van der Waals surface area contributed by atoms with E-state index in [1.165, 1.54) is 104 Å². The molecule has 0 amide bonds. The van der Waals surface area contributed by atoms with Gasteiger partial charge in [0.25, 0.3) is 0 Å². The number of thiophene rings is 1. The van der Waals surface area contributed by atoms with Gasteiger partial charge in [0.1, 0.15) is 4.83 Å². The lowest BCUT2D eigenvalue weighted by Crippen LogP contribution is -2.25. The van der Waals surface area contributed by atoms with Crippen LogP contribution in [0.3, 0.4) is 0 Å². The van der Waals surface area contributed by atoms with Gasteiger partial charge in [0.05, 0.1) is 17.1 Å². The lowest BCUT2D eigenvalue weighted by atomic mass is 9.75. The van der Waals surface area contributed by atoms with E-state index in [2.05, 4.69) is 165 Å². The molecule has 4 aliphatic rings. The van der Waals surface area contributed by atoms with Gasteiger partial charge in [-0.15, -0.1) is 11.3 Å². The summed E-state index contributed by atoms with van der Waals surface area (Å²) in [5.41, 5.74) is 19.9. The summed E-state index contributed by atoms with van der Waals surface area (Å²) < 4.78 is 0. The van der Waals surface area contributed by atoms with Crippen molar-refractivity contribution >= 4 is 56.3 Å². The Morgan fingerprint density at radius 3 is 2.41 bits per heavy atom. The topological polar surface area (TPSA) is 19.0 Å². The molecule has 58 heavy (non-hydrogen) atoms. The van der Waals surface area contributed by atoms with Crippen molar-refractivity contribution < 1.29 is 0 Å². The van der Waals surface area contributed by atoms with Crippen LogP contribution in [0.2, 0.25) is 0 Å². The molecule has 3 aromatic carbocycles. The second-order valence-corrected chi connectivity index (χ2v) is 22.2. The predicted molar refractivity (Wildman–Crippen MR) is 255 cm³/mol. The van der Waals surface area contributed by atoms with Crippen molar-refractivity contribution in [1.82, 2.24) is 4.98 Å². The summed E-state index contributed by atoms with van der Waals surface area (Å²) in [6.07, 6.45) is 17.6. The maximum atomic E-state index is 4.04. The second-order valence-electron chi connectivity index (χ2n) is 20.1. The lowest BCUT2D eigenvalue weighted by Gasteiger charge is -2.39. The Bertz CT molecular complexity index is 2600. The van der Waals surface area contributed by atoms with Crippen molar-refractivity contribution in [2.45, 2.75) is 137 Å². The van der Waals surface area contributed by atoms with Crippen LogP contribution in [0.4, 0.5) is 11.4 Å². The van der Waals surface area contributed by atoms with Gasteiger partial charge in [-0.05, 0) is 149 Å². The largest absolute Gasteiger partial charge is 0.346 e. The standard InChI is InChI=1S/C54H62N2S2/c1-12-35(37-20-17-21-39-48-38-19-14-16-23-46(38)58-51(48)55-49(37)39)50-45(28-32(2)3)56(43-25-24-34(29-33(43)4)53(8,9)27-26-52(5,6)7)44-30-40-36-18-13-15-22-41(36)54(10,11)42(40)31-47(44)57-50/h13,15-16,18,20,22-25,28-32,55H,12,14,17,19,21,26-27H2,1-11H3/b45-28+,50-35-. The maximum absolute atomic E-state index is 4.04. The predicted octanol–water partition coefficient (Wildman–Crippen LogP) is 16.4. The molecule has 3 aliphatic carbocycles. The minimum absolute atomic E-state index is 0.0703. The van der Waals surface area contributed by atoms with Crippen LogP contribution in [-0.4, -0.2) is 4.98 Å². The summed E-state index contributed by atoms with van der Waals surface area (Å²) in [7, 11) is 0. The lowest BCUT2D eigenvalue weighted by molar-refractivity contribution is 0.315. The summed E-state index contributed by atoms with van der Waals surface area (Å²) >= 11 is 3.97. The molecule has 0 radical (unpaired) electrons. The van der Waals surface area contributed by atoms with Crippen LogP contribution in [0, 0.1) is 18.3 Å². The van der Waals surface area contributed by atoms with E-state index in [4.69, 9.17) is 0 Å². The number of hydrogen-bond acceptors (Lipinski definition) is 3. The summed E-state index contributed by atoms with van der Waals surface area (Å²) in [5, 5.41) is 1.52. The summed E-state index contributed by atoms with van der Waals surface area (Å²) in [4.78, 5) is 12.3. The Labute approximate surface area is 356 Å². The molecule has 1 N–H and O–H groups in total. The monoisotopic (exact) mass is 802 g/mol. The van der Waals surface area contributed by atoms with E-state index in [1.807, 2.05) is 23.1 Å². The third kappa shape index (κ3) is 6.53. The quantitative estimate of drug-likeness (QED) is 0.177. The first-order valence-electron chi connectivity index (χ1n) is 21.9. The zero-order valence-corrected chi connectivity index (χ0v) is 38.4. The average Bonchev–Trinajstić information content (AvgIpc) is 3.80. The number of fused-ring (bicyclic) bond motifs is 9. The number of nitrogens with zero attached hydrogens (tertiary/aromatic N) is 1. The molecule has 0 saturated heterocycles. The molecule has 0 spiro atoms. The molecule has 4 heteroatoms. The highest BCUT2D eigenvalue weighted by Gasteiger charge is 2.40. The van der Waals surface area contributed by atoms with E-state index in [0.717, 1.165) is 38.5 Å². The van der Waals surface area contributed by atoms with Crippen LogP contribution >= 0.6 is 23.1 Å². The fourth-order valence-electron chi connectivity index (χ4n) is 10.2. The van der Waals surface area contributed by atoms with Crippen LogP contribution in [-0.2, 0) is 23.7 Å². The molecule has 9 rings (SSSR count). The fourth-order valence-corrected chi connectivity index (χ4v) is 12.7. The zero-order valence-electron chi connectivity index (χ0n) is 36.8. The van der Waals surface area contributed by atoms with E-state index in [9.17, 15) is 0 Å². The molecule has 2 aromatic heterocycles. The number of anilines is 2. The molecule has 300 valence electrons. The molecule has 0 bridgehead atoms. The maximum Gasteiger partial charge on any atom is 0.101 e. The van der Waals surface area contributed by atoms with Crippen LogP contribution in [0.25, 0.3) is 33.0 Å². The Kier molecular flexibility index (Phi) is 9.76. The molecular formula is C54H62N2S2. The smallest absolute Gasteiger partial charge is 0.101 e. The van der Waals surface area contributed by atoms with Gasteiger partial charge in [0.2, 0.25) is 0 Å². The molecule has 0 atom stereocenters. The first kappa shape index (κ1) is 39.5. The summed E-state index contributed by atoms with van der Waals surface area (Å²) in [5.74, 6) is 0.365. The van der Waals surface area contributed by atoms with Gasteiger partial charge in [0.15, 0.2) is 0 Å². The number of H-pyrrole nitrogens is 1. The van der Waals surface area contributed by atoms with Crippen molar-refractivity contribution in [1.29, 1.82) is 0 Å². The van der Waals surface area contributed by atoms with Crippen molar-refractivity contribution in [3.05, 3.63) is 133 Å². The van der Waals surface area contributed by atoms with Gasteiger partial charge in [-0.25, -0.2) is 0 Å². The Hall–Kier alpha value is -3.99. The second kappa shape index (κ2) is 14.3. The number of aromatic amines is 1. The molecular weight excluding hydrogens is 741 g/mol. The van der Waals surface area contributed by atoms with Gasteiger partial charge in [-0.3, -0.25) is 0 Å². The number of aryl methyl sites for hydroxylation is 3. The first-order valence-corrected chi connectivity index (χ1v) is 23.6. The van der Waals surface area contributed by atoms with E-state index in [0.29, 0.717) is 11.3 Å². The number of thioether (sulfide) groups is 1. The number of benzene rings is 3. The van der Waals surface area contributed by atoms with Gasteiger partial charge >= 0.3 is 0 Å². The number of hydrogen-bond donors (Lipinski definition) is 1. The molecule has 0 fully saturated rings. The van der Waals surface area contributed by atoms with Crippen molar-refractivity contribution in [2.75, 3.05) is 4.90 Å². The van der Waals surface area contributed by atoms with E-state index >= 15 is 0 Å². The van der Waals surface area contributed by atoms with Gasteiger partial charge in [0, 0.05) is 31.2 Å². The van der Waals surface area contributed by atoms with Crippen molar-refractivity contribution in [2.24, 2.45) is 11.3 Å². The third-order valence-electron chi connectivity index (χ3n) is 13.5. The number of allylic oxidation sites excluding steroid dienone is 5. The van der Waals surface area contributed by atoms with Crippen LogP contribution in [0.15, 0.2) is 93.9 Å². The highest BCUT2D eigenvalue weighted by molar-refractivity contribution is 8.03. The average molecular weight is 803 g/mol. The molecule has 3 heterocycles. The van der Waals surface area contributed by atoms with Gasteiger partial charge in [-0.1, -0.05) is 136 Å². The third-order valence-corrected chi connectivity index (χ3v) is 15.8. The Morgan fingerprint density at radius 1 is 0.897 bits per heavy atom. The first-order chi connectivity index (χ1) is 27.6. The van der Waals surface area contributed by atoms with Crippen molar-refractivity contribution in [3.8, 4) is 11.1 Å². The number of aromatic nitrogens is 1. The highest BCUT2D eigenvalue weighted by atomic mass is 32.2. The zero-order chi connectivity index (χ0) is 40.9. The normalized spacial score (nSPS) is 18.7. The summed E-state index contributed by atoms with van der Waals surface area (Å²) in [6.45, 7) is 26.2. The van der Waals surface area contributed by atoms with Crippen LogP contribution in [0.5, 0.6) is 0 Å². The van der Waals surface area contributed by atoms with Crippen LogP contribution < -0.4 is 4.90 Å². The fraction of sp³-hybridized carbons (Fsp3) is 0.407. The number of rotatable bonds is 7. The van der Waals surface area contributed by atoms with Crippen molar-refractivity contribution in [3.63, 3.8) is 0 Å². The molecule has 5 aromatic rings. The molecule has 2 nitrogen and oxygen atoms in total. The molecule has 1 aliphatic heterocycles. The van der Waals surface area contributed by atoms with Gasteiger partial charge in [-0.2, -0.15) is 0 Å². The Balaban J connectivity index is 1.26.